The molecule has 0 bridgehead atoms. The molecule has 102 valence electrons. The molecule has 1 aliphatic carbocycles. The standard InChI is InChI=1S/C14H19F3O/c1-3-11(2)18-10-9-12-5-4-6-13(8-7-12)14(15,16)17/h3,5,7-8,13H,4,6,9-10H2,1-2H3/b11-3+. The fraction of sp³-hybridized carbons (Fsp3) is 0.571. The van der Waals surface area contributed by atoms with Crippen molar-refractivity contribution in [3.8, 4) is 0 Å². The molecule has 0 aromatic rings. The topological polar surface area (TPSA) is 9.23 Å². The second-order valence-corrected chi connectivity index (χ2v) is 4.36. The first kappa shape index (κ1) is 14.9. The highest BCUT2D eigenvalue weighted by Crippen LogP contribution is 2.33. The van der Waals surface area contributed by atoms with Crippen LogP contribution >= 0.6 is 0 Å². The van der Waals surface area contributed by atoms with Gasteiger partial charge in [-0.1, -0.05) is 24.3 Å². The minimum atomic E-state index is -4.13. The summed E-state index contributed by atoms with van der Waals surface area (Å²) in [4.78, 5) is 0. The Hall–Kier alpha value is -1.19. The van der Waals surface area contributed by atoms with Gasteiger partial charge in [0, 0.05) is 6.42 Å². The van der Waals surface area contributed by atoms with Gasteiger partial charge in [0.15, 0.2) is 0 Å². The average Bonchev–Trinajstić information content (AvgIpc) is 2.53. The van der Waals surface area contributed by atoms with Crippen LogP contribution in [0.5, 0.6) is 0 Å². The lowest BCUT2D eigenvalue weighted by Crippen LogP contribution is -2.20. The number of allylic oxidation sites excluding steroid dienone is 5. The van der Waals surface area contributed by atoms with Gasteiger partial charge in [-0.15, -0.1) is 0 Å². The van der Waals surface area contributed by atoms with Gasteiger partial charge in [0.05, 0.1) is 18.3 Å². The van der Waals surface area contributed by atoms with Gasteiger partial charge < -0.3 is 4.74 Å². The smallest absolute Gasteiger partial charge is 0.395 e. The predicted molar refractivity (Wildman–Crippen MR) is 66.0 cm³/mol. The Morgan fingerprint density at radius 3 is 2.83 bits per heavy atom. The van der Waals surface area contributed by atoms with Crippen molar-refractivity contribution < 1.29 is 17.9 Å². The van der Waals surface area contributed by atoms with E-state index in [9.17, 15) is 13.2 Å². The largest absolute Gasteiger partial charge is 0.498 e. The van der Waals surface area contributed by atoms with E-state index in [1.807, 2.05) is 26.0 Å². The van der Waals surface area contributed by atoms with Gasteiger partial charge in [0.2, 0.25) is 0 Å². The zero-order valence-electron chi connectivity index (χ0n) is 10.8. The summed E-state index contributed by atoms with van der Waals surface area (Å²) in [5.74, 6) is -0.481. The monoisotopic (exact) mass is 260 g/mol. The van der Waals surface area contributed by atoms with E-state index in [2.05, 4.69) is 0 Å². The third-order valence-corrected chi connectivity index (χ3v) is 2.97. The molecule has 0 heterocycles. The number of halogens is 3. The van der Waals surface area contributed by atoms with Gasteiger partial charge >= 0.3 is 6.18 Å². The van der Waals surface area contributed by atoms with Crippen LogP contribution in [-0.2, 0) is 4.74 Å². The fourth-order valence-corrected chi connectivity index (χ4v) is 1.72. The average molecular weight is 260 g/mol. The van der Waals surface area contributed by atoms with Crippen LogP contribution in [0.3, 0.4) is 0 Å². The number of ether oxygens (including phenoxy) is 1. The van der Waals surface area contributed by atoms with Gasteiger partial charge in [-0.05, 0) is 32.3 Å². The summed E-state index contributed by atoms with van der Waals surface area (Å²) in [5.41, 5.74) is 0.922. The van der Waals surface area contributed by atoms with Gasteiger partial charge in [0.1, 0.15) is 0 Å². The van der Waals surface area contributed by atoms with E-state index in [1.54, 1.807) is 6.08 Å². The molecule has 0 saturated carbocycles. The molecule has 0 spiro atoms. The Morgan fingerprint density at radius 2 is 2.22 bits per heavy atom. The molecule has 1 nitrogen and oxygen atoms in total. The maximum absolute atomic E-state index is 12.5. The van der Waals surface area contributed by atoms with Crippen LogP contribution in [0.4, 0.5) is 13.2 Å². The number of rotatable bonds is 4. The van der Waals surface area contributed by atoms with Crippen molar-refractivity contribution in [1.82, 2.24) is 0 Å². The number of hydrogen-bond donors (Lipinski definition) is 0. The van der Waals surface area contributed by atoms with Gasteiger partial charge in [-0.2, -0.15) is 13.2 Å². The molecule has 0 amide bonds. The summed E-state index contributed by atoms with van der Waals surface area (Å²) < 4.78 is 43.0. The molecule has 0 radical (unpaired) electrons. The number of alkyl halides is 3. The van der Waals surface area contributed by atoms with Crippen molar-refractivity contribution in [2.45, 2.75) is 39.3 Å². The molecule has 1 aliphatic rings. The Balaban J connectivity index is 2.46. The molecule has 0 fully saturated rings. The quantitative estimate of drug-likeness (QED) is 0.661. The van der Waals surface area contributed by atoms with E-state index in [-0.39, 0.29) is 6.42 Å². The summed E-state index contributed by atoms with van der Waals surface area (Å²) in [7, 11) is 0. The first-order chi connectivity index (χ1) is 8.43. The van der Waals surface area contributed by atoms with Crippen molar-refractivity contribution in [1.29, 1.82) is 0 Å². The van der Waals surface area contributed by atoms with Crippen molar-refractivity contribution in [3.63, 3.8) is 0 Å². The van der Waals surface area contributed by atoms with Crippen molar-refractivity contribution in [2.75, 3.05) is 6.61 Å². The van der Waals surface area contributed by atoms with Crippen molar-refractivity contribution >= 4 is 0 Å². The molecular weight excluding hydrogens is 241 g/mol. The van der Waals surface area contributed by atoms with Gasteiger partial charge in [0.25, 0.3) is 0 Å². The Kier molecular flexibility index (Phi) is 5.51. The zero-order chi connectivity index (χ0) is 13.6. The summed E-state index contributed by atoms with van der Waals surface area (Å²) in [6.07, 6.45) is 3.70. The van der Waals surface area contributed by atoms with Gasteiger partial charge in [-0.3, -0.25) is 0 Å². The SMILES string of the molecule is C/C=C(\C)OCCC1=CCCC(C(F)(F)F)C=C1. The Morgan fingerprint density at radius 1 is 1.50 bits per heavy atom. The second kappa shape index (κ2) is 6.66. The van der Waals surface area contributed by atoms with Gasteiger partial charge in [-0.25, -0.2) is 0 Å². The van der Waals surface area contributed by atoms with Crippen LogP contribution in [0.2, 0.25) is 0 Å². The fourth-order valence-electron chi connectivity index (χ4n) is 1.72. The van der Waals surface area contributed by atoms with Crippen LogP contribution in [0.25, 0.3) is 0 Å². The van der Waals surface area contributed by atoms with Crippen LogP contribution in [-0.4, -0.2) is 12.8 Å². The molecule has 1 rings (SSSR count). The van der Waals surface area contributed by atoms with Crippen LogP contribution in [0.1, 0.15) is 33.1 Å². The molecule has 0 aliphatic heterocycles. The van der Waals surface area contributed by atoms with Crippen LogP contribution in [0, 0.1) is 5.92 Å². The normalized spacial score (nSPS) is 21.5. The lowest BCUT2D eigenvalue weighted by atomic mass is 10.0. The first-order valence-corrected chi connectivity index (χ1v) is 6.13. The van der Waals surface area contributed by atoms with E-state index in [0.717, 1.165) is 11.3 Å². The second-order valence-electron chi connectivity index (χ2n) is 4.36. The molecule has 1 unspecified atom stereocenters. The minimum Gasteiger partial charge on any atom is -0.498 e. The lowest BCUT2D eigenvalue weighted by Gasteiger charge is -2.14. The molecule has 18 heavy (non-hydrogen) atoms. The molecule has 0 N–H and O–H groups in total. The lowest BCUT2D eigenvalue weighted by molar-refractivity contribution is -0.162. The summed E-state index contributed by atoms with van der Waals surface area (Å²) in [6.45, 7) is 4.24. The molecule has 0 aromatic heterocycles. The highest BCUT2D eigenvalue weighted by molar-refractivity contribution is 5.22. The molecular formula is C14H19F3O. The van der Waals surface area contributed by atoms with E-state index in [0.29, 0.717) is 19.4 Å². The molecule has 4 heteroatoms. The predicted octanol–water partition coefficient (Wildman–Crippen LogP) is 4.77. The Bertz CT molecular complexity index is 351. The highest BCUT2D eigenvalue weighted by Gasteiger charge is 2.37. The van der Waals surface area contributed by atoms with Crippen molar-refractivity contribution in [2.24, 2.45) is 5.92 Å². The summed E-state index contributed by atoms with van der Waals surface area (Å²) in [5, 5.41) is 0. The highest BCUT2D eigenvalue weighted by atomic mass is 19.4. The van der Waals surface area contributed by atoms with Crippen molar-refractivity contribution in [3.05, 3.63) is 35.6 Å². The van der Waals surface area contributed by atoms with E-state index >= 15 is 0 Å². The maximum Gasteiger partial charge on any atom is 0.395 e. The molecule has 1 atom stereocenters. The summed E-state index contributed by atoms with van der Waals surface area (Å²) in [6, 6.07) is 0. The third kappa shape index (κ3) is 4.98. The van der Waals surface area contributed by atoms with E-state index in [4.69, 9.17) is 4.74 Å². The zero-order valence-corrected chi connectivity index (χ0v) is 10.8. The third-order valence-electron chi connectivity index (χ3n) is 2.97. The minimum absolute atomic E-state index is 0.137. The van der Waals surface area contributed by atoms with Crippen LogP contribution in [0.15, 0.2) is 35.6 Å². The summed E-state index contributed by atoms with van der Waals surface area (Å²) >= 11 is 0. The maximum atomic E-state index is 12.5. The molecule has 0 aromatic carbocycles. The van der Waals surface area contributed by atoms with E-state index < -0.39 is 12.1 Å². The molecule has 0 saturated heterocycles. The van der Waals surface area contributed by atoms with Crippen LogP contribution < -0.4 is 0 Å². The first-order valence-electron chi connectivity index (χ1n) is 6.13. The Labute approximate surface area is 106 Å². The number of hydrogen-bond acceptors (Lipinski definition) is 1. The van der Waals surface area contributed by atoms with E-state index in [1.165, 1.54) is 6.08 Å².